The highest BCUT2D eigenvalue weighted by Crippen LogP contribution is 2.30. The van der Waals surface area contributed by atoms with Crippen molar-refractivity contribution in [2.24, 2.45) is 0 Å². The Morgan fingerprint density at radius 2 is 2.17 bits per heavy atom. The third kappa shape index (κ3) is 2.66. The average Bonchev–Trinajstić information content (AvgIpc) is 2.71. The van der Waals surface area contributed by atoms with Crippen LogP contribution in [0.2, 0.25) is 0 Å². The summed E-state index contributed by atoms with van der Waals surface area (Å²) in [5.74, 6) is 2.60. The molecule has 18 heavy (non-hydrogen) atoms. The van der Waals surface area contributed by atoms with Crippen LogP contribution in [0, 0.1) is 9.85 Å². The molecular weight excluding hydrogens is 362 g/mol. The van der Waals surface area contributed by atoms with E-state index in [2.05, 4.69) is 20.2 Å². The van der Waals surface area contributed by atoms with E-state index >= 15 is 0 Å². The summed E-state index contributed by atoms with van der Waals surface area (Å²) in [6.45, 7) is 0.0254. The fraction of sp³-hybridized carbons (Fsp3) is 0.200. The summed E-state index contributed by atoms with van der Waals surface area (Å²) in [7, 11) is 0. The largest absolute Gasteiger partial charge is 0.416 e. The molecule has 8 heteroatoms. The fourth-order valence-electron chi connectivity index (χ4n) is 1.29. The normalized spacial score (nSPS) is 11.1. The number of hydrogen-bond acceptors (Lipinski definition) is 3. The van der Waals surface area contributed by atoms with Crippen LogP contribution in [-0.2, 0) is 6.18 Å². The van der Waals surface area contributed by atoms with Gasteiger partial charge in [0.15, 0.2) is 6.61 Å². The molecule has 0 amide bonds. The van der Waals surface area contributed by atoms with Gasteiger partial charge in [-0.1, -0.05) is 4.85 Å². The monoisotopic (exact) mass is 367 g/mol. The van der Waals surface area contributed by atoms with Gasteiger partial charge in [0.25, 0.3) is 0 Å². The van der Waals surface area contributed by atoms with Gasteiger partial charge >= 0.3 is 6.18 Å². The van der Waals surface area contributed by atoms with Gasteiger partial charge in [-0.25, -0.2) is 0 Å². The molecule has 1 aromatic heterocycles. The Balaban J connectivity index is 2.39. The highest BCUT2D eigenvalue weighted by atomic mass is 127. The second-order valence-electron chi connectivity index (χ2n) is 3.21. The van der Waals surface area contributed by atoms with E-state index in [-0.39, 0.29) is 12.1 Å². The third-order valence-electron chi connectivity index (χ3n) is 2.07. The van der Waals surface area contributed by atoms with E-state index in [1.165, 1.54) is 6.07 Å². The van der Waals surface area contributed by atoms with Crippen molar-refractivity contribution < 1.29 is 18.0 Å². The van der Waals surface area contributed by atoms with Crippen molar-refractivity contribution in [1.29, 1.82) is 0 Å². The molecule has 2 aromatic rings. The topological polar surface area (TPSA) is 39.9 Å². The first-order valence-electron chi connectivity index (χ1n) is 4.67. The molecule has 0 N–H and O–H groups in total. The zero-order chi connectivity index (χ0) is 13.2. The van der Waals surface area contributed by atoms with Gasteiger partial charge in [-0.15, -0.1) is 5.10 Å². The van der Waals surface area contributed by atoms with Crippen molar-refractivity contribution in [3.8, 4) is 9.85 Å². The maximum absolute atomic E-state index is 12.5. The Morgan fingerprint density at radius 1 is 1.39 bits per heavy atom. The SMILES string of the molecule is FC(F)(F)c1ccc2nnn(OCC#CI)c2c1. The number of hydrogen-bond donors (Lipinski definition) is 0. The minimum Gasteiger partial charge on any atom is -0.382 e. The first kappa shape index (κ1) is 12.9. The molecule has 1 heterocycles. The number of aromatic nitrogens is 3. The van der Waals surface area contributed by atoms with Crippen molar-refractivity contribution >= 4 is 33.6 Å². The smallest absolute Gasteiger partial charge is 0.382 e. The molecule has 0 spiro atoms. The standard InChI is InChI=1S/C10H5F3IN3O/c11-10(12,13)7-2-3-8-9(6-7)17(16-15-8)18-5-1-4-14/h2-3,6H,5H2. The Bertz CT molecular complexity index is 627. The molecule has 94 valence electrons. The van der Waals surface area contributed by atoms with Crippen molar-refractivity contribution in [3.05, 3.63) is 23.8 Å². The number of nitrogens with zero attached hydrogens (tertiary/aromatic N) is 3. The molecular formula is C10H5F3IN3O. The molecule has 0 saturated carbocycles. The summed E-state index contributed by atoms with van der Waals surface area (Å²) in [4.78, 5) is 6.00. The summed E-state index contributed by atoms with van der Waals surface area (Å²) in [5, 5.41) is 7.29. The molecule has 0 radical (unpaired) electrons. The van der Waals surface area contributed by atoms with Gasteiger partial charge in [-0.3, -0.25) is 0 Å². The maximum Gasteiger partial charge on any atom is 0.416 e. The highest BCUT2D eigenvalue weighted by molar-refractivity contribution is 14.1. The van der Waals surface area contributed by atoms with Gasteiger partial charge in [0, 0.05) is 22.6 Å². The van der Waals surface area contributed by atoms with Gasteiger partial charge in [-0.2, -0.15) is 13.2 Å². The quantitative estimate of drug-likeness (QED) is 0.604. The number of alkyl halides is 3. The van der Waals surface area contributed by atoms with E-state index in [1.54, 1.807) is 0 Å². The Morgan fingerprint density at radius 3 is 2.83 bits per heavy atom. The Hall–Kier alpha value is -1.50. The molecule has 1 aromatic carbocycles. The van der Waals surface area contributed by atoms with E-state index in [1.807, 2.05) is 22.6 Å². The molecule has 2 rings (SSSR count). The lowest BCUT2D eigenvalue weighted by molar-refractivity contribution is -0.137. The molecule has 0 aliphatic heterocycles. The summed E-state index contributed by atoms with van der Waals surface area (Å²) in [6, 6.07) is 3.13. The summed E-state index contributed by atoms with van der Waals surface area (Å²) < 4.78 is 40.2. The van der Waals surface area contributed by atoms with Crippen molar-refractivity contribution in [2.45, 2.75) is 6.18 Å². The Kier molecular flexibility index (Phi) is 3.60. The van der Waals surface area contributed by atoms with Gasteiger partial charge in [0.2, 0.25) is 0 Å². The Labute approximate surface area is 113 Å². The fourth-order valence-corrected chi connectivity index (χ4v) is 1.45. The van der Waals surface area contributed by atoms with Crippen molar-refractivity contribution in [1.82, 2.24) is 15.2 Å². The molecule has 0 atom stereocenters. The van der Waals surface area contributed by atoms with Gasteiger partial charge in [0.1, 0.15) is 11.0 Å². The van der Waals surface area contributed by atoms with E-state index < -0.39 is 11.7 Å². The highest BCUT2D eigenvalue weighted by Gasteiger charge is 2.31. The van der Waals surface area contributed by atoms with E-state index in [9.17, 15) is 13.2 Å². The van der Waals surface area contributed by atoms with Crippen LogP contribution in [0.5, 0.6) is 0 Å². The number of rotatable bonds is 2. The second kappa shape index (κ2) is 5.01. The summed E-state index contributed by atoms with van der Waals surface area (Å²) >= 11 is 1.83. The first-order chi connectivity index (χ1) is 8.52. The van der Waals surface area contributed by atoms with E-state index in [4.69, 9.17) is 4.84 Å². The summed E-state index contributed by atoms with van der Waals surface area (Å²) in [6.07, 6.45) is -4.41. The zero-order valence-corrected chi connectivity index (χ0v) is 10.9. The van der Waals surface area contributed by atoms with Crippen LogP contribution in [0.3, 0.4) is 0 Å². The van der Waals surface area contributed by atoms with Crippen LogP contribution in [0.1, 0.15) is 5.56 Å². The predicted octanol–water partition coefficient (Wildman–Crippen LogP) is 2.27. The molecule has 0 unspecified atom stereocenters. The lowest BCUT2D eigenvalue weighted by atomic mass is 10.2. The van der Waals surface area contributed by atoms with E-state index in [0.29, 0.717) is 5.52 Å². The summed E-state index contributed by atoms with van der Waals surface area (Å²) in [5.41, 5.74) is -0.298. The number of halogens is 4. The van der Waals surface area contributed by atoms with Crippen molar-refractivity contribution in [2.75, 3.05) is 6.61 Å². The van der Waals surface area contributed by atoms with Gasteiger partial charge in [0.05, 0.1) is 5.56 Å². The second-order valence-corrected chi connectivity index (χ2v) is 3.75. The van der Waals surface area contributed by atoms with Crippen molar-refractivity contribution in [3.63, 3.8) is 0 Å². The zero-order valence-electron chi connectivity index (χ0n) is 8.70. The minimum absolute atomic E-state index is 0.0254. The van der Waals surface area contributed by atoms with E-state index in [0.717, 1.165) is 17.0 Å². The van der Waals surface area contributed by atoms with Crippen LogP contribution in [0.25, 0.3) is 11.0 Å². The lowest BCUT2D eigenvalue weighted by Gasteiger charge is -2.06. The number of benzene rings is 1. The predicted molar refractivity (Wildman–Crippen MR) is 65.8 cm³/mol. The van der Waals surface area contributed by atoms with Crippen LogP contribution >= 0.6 is 22.6 Å². The molecule has 4 nitrogen and oxygen atoms in total. The maximum atomic E-state index is 12.5. The molecule has 0 bridgehead atoms. The molecule has 0 aliphatic rings. The lowest BCUT2D eigenvalue weighted by Crippen LogP contribution is -2.13. The first-order valence-corrected chi connectivity index (χ1v) is 5.74. The third-order valence-corrected chi connectivity index (χ3v) is 2.45. The van der Waals surface area contributed by atoms with Crippen LogP contribution in [0.15, 0.2) is 18.2 Å². The molecule has 0 saturated heterocycles. The van der Waals surface area contributed by atoms with Gasteiger partial charge < -0.3 is 4.84 Å². The van der Waals surface area contributed by atoms with Crippen LogP contribution < -0.4 is 4.84 Å². The van der Waals surface area contributed by atoms with Crippen LogP contribution in [-0.4, -0.2) is 21.8 Å². The van der Waals surface area contributed by atoms with Crippen LogP contribution in [0.4, 0.5) is 13.2 Å². The minimum atomic E-state index is -4.41. The molecule has 0 fully saturated rings. The van der Waals surface area contributed by atoms with Gasteiger partial charge in [-0.05, 0) is 33.3 Å². The molecule has 0 aliphatic carbocycles. The number of fused-ring (bicyclic) bond motifs is 1. The average molecular weight is 367 g/mol.